The first-order valence-corrected chi connectivity index (χ1v) is 15.0. The molecular weight excluding hydrogens is 492 g/mol. The van der Waals surface area contributed by atoms with Crippen molar-refractivity contribution in [1.29, 1.82) is 0 Å². The molecule has 1 aromatic carbocycles. The molecule has 1 aromatic rings. The Morgan fingerprint density at radius 1 is 1.15 bits per heavy atom. The Morgan fingerprint density at radius 3 is 2.74 bits per heavy atom. The van der Waals surface area contributed by atoms with E-state index in [4.69, 9.17) is 4.74 Å². The summed E-state index contributed by atoms with van der Waals surface area (Å²) >= 11 is 0. The van der Waals surface area contributed by atoms with E-state index >= 15 is 0 Å². The Balaban J connectivity index is 1.31. The Kier molecular flexibility index (Phi) is 7.04. The topological polar surface area (TPSA) is 92.2 Å². The van der Waals surface area contributed by atoms with Gasteiger partial charge in [0.15, 0.2) is 0 Å². The van der Waals surface area contributed by atoms with Gasteiger partial charge in [0.05, 0.1) is 37.6 Å². The van der Waals surface area contributed by atoms with E-state index in [0.717, 1.165) is 50.8 Å². The summed E-state index contributed by atoms with van der Waals surface area (Å²) in [5.41, 5.74) is 0.644. The number of nitrogens with one attached hydrogen (secondary N) is 3. The largest absolute Gasteiger partial charge is 0.359 e. The van der Waals surface area contributed by atoms with Gasteiger partial charge in [-0.25, -0.2) is 0 Å². The van der Waals surface area contributed by atoms with Crippen molar-refractivity contribution in [1.82, 2.24) is 10.2 Å². The van der Waals surface area contributed by atoms with Crippen molar-refractivity contribution in [2.75, 3.05) is 25.0 Å². The Labute approximate surface area is 231 Å². The zero-order valence-corrected chi connectivity index (χ0v) is 23.4. The zero-order chi connectivity index (χ0) is 27.3. The number of nitrogens with zero attached hydrogens (tertiary/aromatic N) is 1. The van der Waals surface area contributed by atoms with E-state index in [9.17, 15) is 14.4 Å². The third kappa shape index (κ3) is 4.49. The normalized spacial score (nSPS) is 38.7. The number of aryl methyl sites for hydroxylation is 1. The van der Waals surface area contributed by atoms with E-state index in [1.54, 1.807) is 4.90 Å². The minimum atomic E-state index is -1.11. The van der Waals surface area contributed by atoms with Crippen LogP contribution in [0.5, 0.6) is 0 Å². The monoisotopic (exact) mass is 535 g/mol. The Bertz CT molecular complexity index is 1170. The van der Waals surface area contributed by atoms with E-state index < -0.39 is 29.6 Å². The van der Waals surface area contributed by atoms with Gasteiger partial charge in [-0.3, -0.25) is 14.4 Å². The maximum Gasteiger partial charge on any atom is 0.246 e. The average molecular weight is 536 g/mol. The van der Waals surface area contributed by atoms with Crippen molar-refractivity contribution in [3.05, 3.63) is 42.0 Å². The molecule has 3 N–H and O–H groups in total. The number of ether oxygens (including phenoxy) is 1. The molecule has 3 saturated heterocycles. The van der Waals surface area contributed by atoms with Gasteiger partial charge in [-0.1, -0.05) is 44.1 Å². The fourth-order valence-corrected chi connectivity index (χ4v) is 8.11. The van der Waals surface area contributed by atoms with Crippen LogP contribution < -0.4 is 15.5 Å². The average Bonchev–Trinajstić information content (AvgIpc) is 3.66. The summed E-state index contributed by atoms with van der Waals surface area (Å²) in [7, 11) is 0. The molecule has 210 valence electrons. The highest BCUT2D eigenvalue weighted by Crippen LogP contribution is 2.55. The van der Waals surface area contributed by atoms with Crippen molar-refractivity contribution < 1.29 is 24.0 Å². The van der Waals surface area contributed by atoms with Crippen LogP contribution in [0, 0.1) is 24.7 Å². The number of quaternary nitrogens is 1. The second-order valence-electron chi connectivity index (χ2n) is 12.5. The molecule has 1 spiro atoms. The highest BCUT2D eigenvalue weighted by atomic mass is 16.5. The molecule has 4 heterocycles. The van der Waals surface area contributed by atoms with Crippen LogP contribution in [-0.4, -0.2) is 72.1 Å². The van der Waals surface area contributed by atoms with E-state index in [2.05, 4.69) is 24.5 Å². The Hall–Kier alpha value is -2.71. The highest BCUT2D eigenvalue weighted by molar-refractivity contribution is 6.02. The number of hydrogen-bond acceptors (Lipinski definition) is 4. The third-order valence-corrected chi connectivity index (χ3v) is 10.1. The van der Waals surface area contributed by atoms with Gasteiger partial charge in [0, 0.05) is 24.6 Å². The van der Waals surface area contributed by atoms with Gasteiger partial charge in [-0.15, -0.1) is 0 Å². The SMILES string of the molecule is CC[NH+]1CCCC1CN1C(=O)C2C(C(=O)Nc3cccc(C)c3)C3C=CC2(O3)C1C(=O)NC1CCCCC1C. The molecule has 39 heavy (non-hydrogen) atoms. The van der Waals surface area contributed by atoms with Crippen molar-refractivity contribution >= 4 is 23.4 Å². The molecule has 4 fully saturated rings. The lowest BCUT2D eigenvalue weighted by Crippen LogP contribution is -3.14. The fourth-order valence-electron chi connectivity index (χ4n) is 8.11. The molecule has 4 aliphatic heterocycles. The number of carbonyl (C=O) groups excluding carboxylic acids is 3. The van der Waals surface area contributed by atoms with Crippen molar-refractivity contribution in [3.63, 3.8) is 0 Å². The summed E-state index contributed by atoms with van der Waals surface area (Å²) in [5, 5.41) is 6.37. The lowest BCUT2D eigenvalue weighted by atomic mass is 9.74. The van der Waals surface area contributed by atoms with Gasteiger partial charge >= 0.3 is 0 Å². The molecule has 1 aliphatic carbocycles. The number of fused-ring (bicyclic) bond motifs is 1. The molecule has 3 amide bonds. The first-order valence-electron chi connectivity index (χ1n) is 15.0. The molecule has 9 unspecified atom stereocenters. The number of anilines is 1. The van der Waals surface area contributed by atoms with Crippen LogP contribution >= 0.6 is 0 Å². The summed E-state index contributed by atoms with van der Waals surface area (Å²) in [5.74, 6) is -1.45. The summed E-state index contributed by atoms with van der Waals surface area (Å²) in [4.78, 5) is 45.4. The Morgan fingerprint density at radius 2 is 1.97 bits per heavy atom. The summed E-state index contributed by atoms with van der Waals surface area (Å²) in [6.07, 6.45) is 9.82. The van der Waals surface area contributed by atoms with Gasteiger partial charge < -0.3 is 25.2 Å². The van der Waals surface area contributed by atoms with Gasteiger partial charge in [-0.05, 0) is 50.3 Å². The smallest absolute Gasteiger partial charge is 0.246 e. The minimum Gasteiger partial charge on any atom is -0.359 e. The number of carbonyl (C=O) groups is 3. The first-order chi connectivity index (χ1) is 18.8. The minimum absolute atomic E-state index is 0.103. The number of hydrogen-bond donors (Lipinski definition) is 3. The van der Waals surface area contributed by atoms with E-state index in [1.807, 2.05) is 43.3 Å². The summed E-state index contributed by atoms with van der Waals surface area (Å²) < 4.78 is 6.55. The van der Waals surface area contributed by atoms with Gasteiger partial charge in [0.1, 0.15) is 17.7 Å². The van der Waals surface area contributed by atoms with Crippen molar-refractivity contribution in [2.24, 2.45) is 17.8 Å². The maximum atomic E-state index is 14.3. The molecule has 5 aliphatic rings. The van der Waals surface area contributed by atoms with Crippen LogP contribution in [0.4, 0.5) is 5.69 Å². The summed E-state index contributed by atoms with van der Waals surface area (Å²) in [6, 6.07) is 7.29. The number of likely N-dealkylation sites (N-methyl/N-ethyl adjacent to an activating group) is 1. The van der Waals surface area contributed by atoms with Crippen LogP contribution in [0.3, 0.4) is 0 Å². The quantitative estimate of drug-likeness (QED) is 0.465. The van der Waals surface area contributed by atoms with Crippen LogP contribution in [0.1, 0.15) is 57.9 Å². The number of benzene rings is 1. The predicted molar refractivity (Wildman–Crippen MR) is 148 cm³/mol. The van der Waals surface area contributed by atoms with Crippen molar-refractivity contribution in [3.8, 4) is 0 Å². The molecule has 9 atom stereocenters. The molecule has 2 bridgehead atoms. The maximum absolute atomic E-state index is 14.3. The van der Waals surface area contributed by atoms with Gasteiger partial charge in [-0.2, -0.15) is 0 Å². The van der Waals surface area contributed by atoms with E-state index in [0.29, 0.717) is 24.2 Å². The van der Waals surface area contributed by atoms with Crippen LogP contribution in [-0.2, 0) is 19.1 Å². The van der Waals surface area contributed by atoms with Gasteiger partial charge in [0.25, 0.3) is 0 Å². The highest BCUT2D eigenvalue weighted by Gasteiger charge is 2.73. The molecule has 0 aromatic heterocycles. The van der Waals surface area contributed by atoms with Crippen LogP contribution in [0.15, 0.2) is 36.4 Å². The fraction of sp³-hybridized carbons (Fsp3) is 0.645. The second-order valence-corrected chi connectivity index (χ2v) is 12.5. The lowest BCUT2D eigenvalue weighted by molar-refractivity contribution is -0.909. The molecular formula is C31H43N4O4+. The van der Waals surface area contributed by atoms with Gasteiger partial charge in [0.2, 0.25) is 17.7 Å². The molecule has 1 saturated carbocycles. The van der Waals surface area contributed by atoms with E-state index in [1.165, 1.54) is 11.3 Å². The van der Waals surface area contributed by atoms with Crippen molar-refractivity contribution in [2.45, 2.75) is 89.1 Å². The number of rotatable bonds is 7. The number of likely N-dealkylation sites (tertiary alicyclic amines) is 2. The third-order valence-electron chi connectivity index (χ3n) is 10.1. The molecule has 8 heteroatoms. The first kappa shape index (κ1) is 26.5. The molecule has 0 radical (unpaired) electrons. The predicted octanol–water partition coefficient (Wildman–Crippen LogP) is 1.85. The standard InChI is InChI=1S/C31H42N4O4/c1-4-34-16-8-12-22(34)18-35-27(29(37)33-23-13-6-5-10-20(23)3)31-15-14-24(39-31)25(26(31)30(35)38)28(36)32-21-11-7-9-19(2)17-21/h7,9,11,14-15,17,20,22-27H,4-6,8,10,12-13,16,18H2,1-3H3,(H,32,36)(H,33,37)/p+1. The second kappa shape index (κ2) is 10.4. The van der Waals surface area contributed by atoms with Crippen LogP contribution in [0.25, 0.3) is 0 Å². The van der Waals surface area contributed by atoms with E-state index in [-0.39, 0.29) is 23.8 Å². The molecule has 6 rings (SSSR count). The lowest BCUT2D eigenvalue weighted by Gasteiger charge is -2.36. The number of amides is 3. The molecule has 8 nitrogen and oxygen atoms in total. The van der Waals surface area contributed by atoms with Crippen LogP contribution in [0.2, 0.25) is 0 Å². The zero-order valence-electron chi connectivity index (χ0n) is 23.4. The summed E-state index contributed by atoms with van der Waals surface area (Å²) in [6.45, 7) is 8.97.